The third-order valence-corrected chi connectivity index (χ3v) is 5.69. The second kappa shape index (κ2) is 11.4. The molecule has 1 heterocycles. The molecule has 2 aromatic rings. The molecule has 1 fully saturated rings. The lowest BCUT2D eigenvalue weighted by atomic mass is 10.2. The first-order valence-corrected chi connectivity index (χ1v) is 10.8. The molecule has 2 aromatic carbocycles. The number of halogens is 2. The number of piperazine rings is 1. The van der Waals surface area contributed by atoms with E-state index in [4.69, 9.17) is 37.4 Å². The van der Waals surface area contributed by atoms with Crippen LogP contribution in [0.15, 0.2) is 36.4 Å². The highest BCUT2D eigenvalue weighted by atomic mass is 35.5. The third-order valence-electron chi connectivity index (χ3n) is 5.08. The number of carbonyl (C=O) groups is 1. The van der Waals surface area contributed by atoms with E-state index in [1.54, 1.807) is 12.1 Å². The third kappa shape index (κ3) is 6.64. The number of nitrogens with one attached hydrogen (secondary N) is 1. The predicted molar refractivity (Wildman–Crippen MR) is 123 cm³/mol. The summed E-state index contributed by atoms with van der Waals surface area (Å²) < 4.78 is 16.3. The molecule has 0 aliphatic carbocycles. The zero-order valence-corrected chi connectivity index (χ0v) is 19.2. The van der Waals surface area contributed by atoms with Gasteiger partial charge >= 0.3 is 0 Å². The van der Waals surface area contributed by atoms with Crippen LogP contribution in [-0.4, -0.2) is 75.8 Å². The summed E-state index contributed by atoms with van der Waals surface area (Å²) in [5.74, 6) is 1.56. The molecule has 7 nitrogen and oxygen atoms in total. The van der Waals surface area contributed by atoms with Crippen molar-refractivity contribution in [1.29, 1.82) is 0 Å². The zero-order chi connectivity index (χ0) is 22.2. The van der Waals surface area contributed by atoms with Crippen molar-refractivity contribution in [3.8, 4) is 17.2 Å². The Morgan fingerprint density at radius 3 is 2.29 bits per heavy atom. The molecular weight excluding hydrogens is 441 g/mol. The molecule has 0 bridgehead atoms. The summed E-state index contributed by atoms with van der Waals surface area (Å²) in [6.07, 6.45) is 0. The van der Waals surface area contributed by atoms with Crippen LogP contribution >= 0.6 is 23.2 Å². The number of ether oxygens (including phenoxy) is 3. The Morgan fingerprint density at radius 1 is 0.935 bits per heavy atom. The largest absolute Gasteiger partial charge is 0.495 e. The van der Waals surface area contributed by atoms with Crippen molar-refractivity contribution in [2.45, 2.75) is 0 Å². The van der Waals surface area contributed by atoms with Crippen LogP contribution < -0.4 is 19.5 Å². The van der Waals surface area contributed by atoms with Gasteiger partial charge in [0.25, 0.3) is 0 Å². The highest BCUT2D eigenvalue weighted by molar-refractivity contribution is 6.32. The van der Waals surface area contributed by atoms with E-state index in [2.05, 4.69) is 15.1 Å². The van der Waals surface area contributed by atoms with E-state index in [9.17, 15) is 4.79 Å². The molecule has 1 N–H and O–H groups in total. The lowest BCUT2D eigenvalue weighted by Gasteiger charge is -2.34. The van der Waals surface area contributed by atoms with Gasteiger partial charge in [-0.2, -0.15) is 0 Å². The summed E-state index contributed by atoms with van der Waals surface area (Å²) in [6, 6.07) is 10.8. The van der Waals surface area contributed by atoms with Crippen LogP contribution in [0.3, 0.4) is 0 Å². The van der Waals surface area contributed by atoms with Gasteiger partial charge in [0.15, 0.2) is 0 Å². The lowest BCUT2D eigenvalue weighted by molar-refractivity contribution is -0.117. The van der Waals surface area contributed by atoms with E-state index in [1.165, 1.54) is 14.2 Å². The van der Waals surface area contributed by atoms with Gasteiger partial charge in [-0.15, -0.1) is 0 Å². The Hall–Kier alpha value is -2.19. The molecule has 0 spiro atoms. The molecule has 31 heavy (non-hydrogen) atoms. The Labute approximate surface area is 192 Å². The number of anilines is 1. The van der Waals surface area contributed by atoms with Crippen molar-refractivity contribution >= 4 is 34.8 Å². The van der Waals surface area contributed by atoms with Crippen LogP contribution in [0.25, 0.3) is 0 Å². The van der Waals surface area contributed by atoms with Gasteiger partial charge in [-0.3, -0.25) is 14.6 Å². The Bertz CT molecular complexity index is 889. The highest BCUT2D eigenvalue weighted by Gasteiger charge is 2.20. The molecule has 0 unspecified atom stereocenters. The van der Waals surface area contributed by atoms with Gasteiger partial charge in [0.05, 0.1) is 36.5 Å². The molecule has 0 radical (unpaired) electrons. The first-order chi connectivity index (χ1) is 15.0. The monoisotopic (exact) mass is 467 g/mol. The fraction of sp³-hybridized carbons (Fsp3) is 0.409. The number of hydrogen-bond donors (Lipinski definition) is 1. The van der Waals surface area contributed by atoms with Gasteiger partial charge in [-0.1, -0.05) is 35.3 Å². The summed E-state index contributed by atoms with van der Waals surface area (Å²) in [6.45, 7) is 5.04. The summed E-state index contributed by atoms with van der Waals surface area (Å²) in [4.78, 5) is 17.0. The molecule has 1 aliphatic heterocycles. The van der Waals surface area contributed by atoms with Crippen LogP contribution in [0, 0.1) is 0 Å². The quantitative estimate of drug-likeness (QED) is 0.607. The second-order valence-electron chi connectivity index (χ2n) is 7.13. The lowest BCUT2D eigenvalue weighted by Crippen LogP contribution is -2.49. The molecule has 1 saturated heterocycles. The van der Waals surface area contributed by atoms with E-state index in [1.807, 2.05) is 24.3 Å². The minimum Gasteiger partial charge on any atom is -0.495 e. The number of methoxy groups -OCH3 is 2. The number of carbonyl (C=O) groups excluding carboxylic acids is 1. The first kappa shape index (κ1) is 23.5. The highest BCUT2D eigenvalue weighted by Crippen LogP contribution is 2.35. The zero-order valence-electron chi connectivity index (χ0n) is 17.7. The predicted octanol–water partition coefficient (Wildman–Crippen LogP) is 3.65. The van der Waals surface area contributed by atoms with Gasteiger partial charge in [0.2, 0.25) is 5.91 Å². The maximum atomic E-state index is 12.5. The molecular formula is C22H27Cl2N3O4. The van der Waals surface area contributed by atoms with Crippen molar-refractivity contribution in [2.24, 2.45) is 0 Å². The van der Waals surface area contributed by atoms with E-state index in [0.29, 0.717) is 46.1 Å². The number of amides is 1. The Morgan fingerprint density at radius 2 is 1.61 bits per heavy atom. The minimum absolute atomic E-state index is 0.113. The molecule has 0 aromatic heterocycles. The summed E-state index contributed by atoms with van der Waals surface area (Å²) >= 11 is 12.2. The SMILES string of the molecule is COc1cc(NC(=O)CN2CCN(CCOc3ccccc3Cl)CC2)c(OC)cc1Cl. The summed E-state index contributed by atoms with van der Waals surface area (Å²) in [5.41, 5.74) is 0.532. The van der Waals surface area contributed by atoms with E-state index in [-0.39, 0.29) is 5.91 Å². The molecule has 0 atom stereocenters. The fourth-order valence-corrected chi connectivity index (χ4v) is 3.79. The van der Waals surface area contributed by atoms with Crippen LogP contribution in [0.4, 0.5) is 5.69 Å². The van der Waals surface area contributed by atoms with Crippen LogP contribution in [0.5, 0.6) is 17.2 Å². The van der Waals surface area contributed by atoms with Crippen molar-refractivity contribution in [1.82, 2.24) is 9.80 Å². The number of nitrogens with zero attached hydrogens (tertiary/aromatic N) is 2. The topological polar surface area (TPSA) is 63.3 Å². The summed E-state index contributed by atoms with van der Waals surface area (Å²) in [7, 11) is 3.06. The molecule has 1 aliphatic rings. The Balaban J connectivity index is 1.42. The molecule has 168 valence electrons. The fourth-order valence-electron chi connectivity index (χ4n) is 3.37. The van der Waals surface area contributed by atoms with Crippen LogP contribution in [0.2, 0.25) is 10.0 Å². The van der Waals surface area contributed by atoms with Crippen molar-refractivity contribution in [2.75, 3.05) is 65.4 Å². The molecule has 0 saturated carbocycles. The van der Waals surface area contributed by atoms with Crippen LogP contribution in [0.1, 0.15) is 0 Å². The molecule has 9 heteroatoms. The van der Waals surface area contributed by atoms with Crippen molar-refractivity contribution < 1.29 is 19.0 Å². The average molecular weight is 468 g/mol. The van der Waals surface area contributed by atoms with Gasteiger partial charge in [-0.25, -0.2) is 0 Å². The second-order valence-corrected chi connectivity index (χ2v) is 7.95. The van der Waals surface area contributed by atoms with Crippen molar-refractivity contribution in [3.63, 3.8) is 0 Å². The molecule has 1 amide bonds. The van der Waals surface area contributed by atoms with E-state index in [0.717, 1.165) is 32.7 Å². The summed E-state index contributed by atoms with van der Waals surface area (Å²) in [5, 5.41) is 3.93. The van der Waals surface area contributed by atoms with Gasteiger partial charge in [-0.05, 0) is 12.1 Å². The van der Waals surface area contributed by atoms with Gasteiger partial charge in [0, 0.05) is 44.9 Å². The number of rotatable bonds is 9. The minimum atomic E-state index is -0.113. The smallest absolute Gasteiger partial charge is 0.238 e. The van der Waals surface area contributed by atoms with E-state index >= 15 is 0 Å². The average Bonchev–Trinajstić information content (AvgIpc) is 2.77. The Kier molecular flexibility index (Phi) is 8.66. The normalized spacial score (nSPS) is 14.8. The molecule has 3 rings (SSSR count). The van der Waals surface area contributed by atoms with Gasteiger partial charge < -0.3 is 19.5 Å². The number of benzene rings is 2. The van der Waals surface area contributed by atoms with Crippen LogP contribution in [-0.2, 0) is 4.79 Å². The van der Waals surface area contributed by atoms with E-state index < -0.39 is 0 Å². The van der Waals surface area contributed by atoms with Crippen molar-refractivity contribution in [3.05, 3.63) is 46.4 Å². The van der Waals surface area contributed by atoms with Gasteiger partial charge in [0.1, 0.15) is 23.9 Å². The maximum Gasteiger partial charge on any atom is 0.238 e. The standard InChI is InChI=1S/C22H27Cl2N3O4/c1-29-20-14-18(21(30-2)13-17(20)24)25-22(28)15-27-9-7-26(8-10-27)11-12-31-19-6-4-3-5-16(19)23/h3-6,13-14H,7-12,15H2,1-2H3,(H,25,28). The number of hydrogen-bond acceptors (Lipinski definition) is 6. The number of para-hydroxylation sites is 1. The maximum absolute atomic E-state index is 12.5. The first-order valence-electron chi connectivity index (χ1n) is 10.0.